The molecule has 0 N–H and O–H groups in total. The zero-order valence-corrected chi connectivity index (χ0v) is 16.4. The molecule has 2 aliphatic heterocycles. The number of likely N-dealkylation sites (tertiary alicyclic amines) is 1. The molecule has 28 heavy (non-hydrogen) atoms. The molecule has 5 nitrogen and oxygen atoms in total. The van der Waals surface area contributed by atoms with Crippen molar-refractivity contribution >= 4 is 5.91 Å². The molecule has 1 aromatic heterocycles. The number of halogens is 1. The van der Waals surface area contributed by atoms with Gasteiger partial charge in [-0.3, -0.25) is 9.48 Å². The van der Waals surface area contributed by atoms with E-state index in [4.69, 9.17) is 4.74 Å². The highest BCUT2D eigenvalue weighted by Crippen LogP contribution is 2.34. The number of carbonyl (C=O) groups is 1. The van der Waals surface area contributed by atoms with E-state index in [1.165, 1.54) is 17.7 Å². The van der Waals surface area contributed by atoms with Gasteiger partial charge in [-0.2, -0.15) is 5.10 Å². The topological polar surface area (TPSA) is 47.4 Å². The van der Waals surface area contributed by atoms with Gasteiger partial charge < -0.3 is 9.64 Å². The zero-order valence-electron chi connectivity index (χ0n) is 16.4. The first-order chi connectivity index (χ1) is 13.6. The molecule has 1 aromatic carbocycles. The molecule has 6 heteroatoms. The highest BCUT2D eigenvalue weighted by atomic mass is 19.1. The van der Waals surface area contributed by atoms with Crippen molar-refractivity contribution in [3.05, 3.63) is 53.6 Å². The van der Waals surface area contributed by atoms with Crippen LogP contribution < -0.4 is 0 Å². The lowest BCUT2D eigenvalue weighted by Crippen LogP contribution is -2.55. The van der Waals surface area contributed by atoms with Crippen LogP contribution in [0.4, 0.5) is 4.39 Å². The SMILES string of the molecule is Cn1cc(C2CCN(C(=O)C3(Cc4ccc(F)cc4)CCCCO3)CC2)cn1. The number of aryl methyl sites for hydroxylation is 1. The second-order valence-electron chi connectivity index (χ2n) is 8.12. The molecule has 4 rings (SSSR count). The Balaban J connectivity index is 1.46. The lowest BCUT2D eigenvalue weighted by molar-refractivity contribution is -0.166. The number of ether oxygens (including phenoxy) is 1. The Kier molecular flexibility index (Phi) is 5.49. The molecule has 2 saturated heterocycles. The molecule has 150 valence electrons. The van der Waals surface area contributed by atoms with Crippen LogP contribution >= 0.6 is 0 Å². The molecule has 0 radical (unpaired) electrons. The number of benzene rings is 1. The van der Waals surface area contributed by atoms with E-state index in [9.17, 15) is 9.18 Å². The molecule has 0 saturated carbocycles. The smallest absolute Gasteiger partial charge is 0.255 e. The monoisotopic (exact) mass is 385 g/mol. The van der Waals surface area contributed by atoms with Crippen molar-refractivity contribution in [3.63, 3.8) is 0 Å². The van der Waals surface area contributed by atoms with E-state index < -0.39 is 5.60 Å². The Bertz CT molecular complexity index is 803. The van der Waals surface area contributed by atoms with E-state index in [1.807, 2.05) is 22.8 Å². The summed E-state index contributed by atoms with van der Waals surface area (Å²) in [7, 11) is 1.93. The fraction of sp³-hybridized carbons (Fsp3) is 0.545. The molecular weight excluding hydrogens is 357 g/mol. The lowest BCUT2D eigenvalue weighted by Gasteiger charge is -2.42. The number of piperidine rings is 1. The van der Waals surface area contributed by atoms with E-state index in [-0.39, 0.29) is 11.7 Å². The van der Waals surface area contributed by atoms with Gasteiger partial charge in [0.05, 0.1) is 6.20 Å². The summed E-state index contributed by atoms with van der Waals surface area (Å²) in [4.78, 5) is 15.5. The van der Waals surface area contributed by atoms with Crippen LogP contribution in [-0.2, 0) is 23.0 Å². The molecule has 1 amide bonds. The number of nitrogens with zero attached hydrogens (tertiary/aromatic N) is 3. The first-order valence-corrected chi connectivity index (χ1v) is 10.2. The van der Waals surface area contributed by atoms with Gasteiger partial charge in [-0.25, -0.2) is 4.39 Å². The number of rotatable bonds is 4. The Morgan fingerprint density at radius 1 is 1.25 bits per heavy atom. The number of amides is 1. The summed E-state index contributed by atoms with van der Waals surface area (Å²) in [5.74, 6) is 0.297. The molecule has 1 atom stereocenters. The van der Waals surface area contributed by atoms with Crippen molar-refractivity contribution in [2.75, 3.05) is 19.7 Å². The maximum Gasteiger partial charge on any atom is 0.255 e. The molecule has 3 heterocycles. The third-order valence-corrected chi connectivity index (χ3v) is 6.12. The van der Waals surface area contributed by atoms with E-state index in [2.05, 4.69) is 11.3 Å². The van der Waals surface area contributed by atoms with Gasteiger partial charge in [0.2, 0.25) is 0 Å². The number of aromatic nitrogens is 2. The number of hydrogen-bond acceptors (Lipinski definition) is 3. The molecule has 2 fully saturated rings. The quantitative estimate of drug-likeness (QED) is 0.810. The van der Waals surface area contributed by atoms with Gasteiger partial charge in [-0.1, -0.05) is 12.1 Å². The highest BCUT2D eigenvalue weighted by molar-refractivity contribution is 5.86. The van der Waals surface area contributed by atoms with Crippen LogP contribution in [0.1, 0.15) is 49.1 Å². The largest absolute Gasteiger partial charge is 0.365 e. The Morgan fingerprint density at radius 3 is 2.61 bits per heavy atom. The molecule has 0 aliphatic carbocycles. The molecule has 1 unspecified atom stereocenters. The van der Waals surface area contributed by atoms with Crippen LogP contribution in [-0.4, -0.2) is 45.9 Å². The van der Waals surface area contributed by atoms with Gasteiger partial charge in [0.15, 0.2) is 5.60 Å². The second-order valence-corrected chi connectivity index (χ2v) is 8.12. The third kappa shape index (κ3) is 3.97. The van der Waals surface area contributed by atoms with Crippen molar-refractivity contribution < 1.29 is 13.9 Å². The Morgan fingerprint density at radius 2 is 2.00 bits per heavy atom. The van der Waals surface area contributed by atoms with Gasteiger partial charge in [0, 0.05) is 39.4 Å². The van der Waals surface area contributed by atoms with Crippen molar-refractivity contribution in [2.24, 2.45) is 7.05 Å². The van der Waals surface area contributed by atoms with Crippen molar-refractivity contribution in [1.82, 2.24) is 14.7 Å². The van der Waals surface area contributed by atoms with Gasteiger partial charge in [0.1, 0.15) is 5.82 Å². The minimum atomic E-state index is -0.808. The maximum atomic E-state index is 13.5. The van der Waals surface area contributed by atoms with E-state index >= 15 is 0 Å². The van der Waals surface area contributed by atoms with E-state index in [0.29, 0.717) is 18.9 Å². The summed E-state index contributed by atoms with van der Waals surface area (Å²) in [5.41, 5.74) is 1.39. The first-order valence-electron chi connectivity index (χ1n) is 10.2. The second kappa shape index (κ2) is 8.03. The summed E-state index contributed by atoms with van der Waals surface area (Å²) in [6, 6.07) is 6.43. The third-order valence-electron chi connectivity index (χ3n) is 6.12. The van der Waals surface area contributed by atoms with E-state index in [0.717, 1.165) is 50.8 Å². The predicted octanol–water partition coefficient (Wildman–Crippen LogP) is 3.45. The minimum absolute atomic E-state index is 0.0983. The molecule has 2 aliphatic rings. The van der Waals surface area contributed by atoms with Crippen LogP contribution in [0.2, 0.25) is 0 Å². The number of carbonyl (C=O) groups excluding carboxylic acids is 1. The van der Waals surface area contributed by atoms with Crippen LogP contribution in [0.3, 0.4) is 0 Å². The van der Waals surface area contributed by atoms with Crippen molar-refractivity contribution in [1.29, 1.82) is 0 Å². The average molecular weight is 385 g/mol. The maximum absolute atomic E-state index is 13.5. The van der Waals surface area contributed by atoms with Gasteiger partial charge in [0.25, 0.3) is 5.91 Å². The summed E-state index contributed by atoms with van der Waals surface area (Å²) >= 11 is 0. The Hall–Kier alpha value is -2.21. The van der Waals surface area contributed by atoms with Crippen molar-refractivity contribution in [3.8, 4) is 0 Å². The molecular formula is C22H28FN3O2. The van der Waals surface area contributed by atoms with Crippen molar-refractivity contribution in [2.45, 2.75) is 50.0 Å². The van der Waals surface area contributed by atoms with Gasteiger partial charge >= 0.3 is 0 Å². The van der Waals surface area contributed by atoms with E-state index in [1.54, 1.807) is 12.1 Å². The summed E-state index contributed by atoms with van der Waals surface area (Å²) in [5, 5.41) is 4.27. The van der Waals surface area contributed by atoms with Crippen LogP contribution in [0.25, 0.3) is 0 Å². The summed E-state index contributed by atoms with van der Waals surface area (Å²) < 4.78 is 21.2. The minimum Gasteiger partial charge on any atom is -0.365 e. The van der Waals surface area contributed by atoms with Crippen LogP contribution in [0, 0.1) is 5.82 Å². The molecule has 2 aromatic rings. The standard InChI is InChI=1S/C22H28FN3O2/c1-25-16-19(15-24-25)18-8-11-26(12-9-18)21(27)22(10-2-3-13-28-22)14-17-4-6-20(23)7-5-17/h4-7,15-16,18H,2-3,8-14H2,1H3. The van der Waals surface area contributed by atoms with Gasteiger partial charge in [-0.15, -0.1) is 0 Å². The molecule has 0 bridgehead atoms. The molecule has 0 spiro atoms. The zero-order chi connectivity index (χ0) is 19.6. The summed E-state index contributed by atoms with van der Waals surface area (Å²) in [6.45, 7) is 2.10. The van der Waals surface area contributed by atoms with Crippen LogP contribution in [0.5, 0.6) is 0 Å². The number of hydrogen-bond donors (Lipinski definition) is 0. The average Bonchev–Trinajstić information content (AvgIpc) is 3.16. The fourth-order valence-corrected chi connectivity index (χ4v) is 4.52. The first kappa shape index (κ1) is 19.1. The Labute approximate surface area is 165 Å². The van der Waals surface area contributed by atoms with Crippen LogP contribution in [0.15, 0.2) is 36.7 Å². The van der Waals surface area contributed by atoms with Gasteiger partial charge in [-0.05, 0) is 61.3 Å². The summed E-state index contributed by atoms with van der Waals surface area (Å²) in [6.07, 6.45) is 9.11. The highest BCUT2D eigenvalue weighted by Gasteiger charge is 2.44. The fourth-order valence-electron chi connectivity index (χ4n) is 4.52. The lowest BCUT2D eigenvalue weighted by atomic mass is 9.84. The predicted molar refractivity (Wildman–Crippen MR) is 104 cm³/mol. The normalized spacial score (nSPS) is 23.7.